The third-order valence-electron chi connectivity index (χ3n) is 6.76. The van der Waals surface area contributed by atoms with Crippen LogP contribution in [-0.4, -0.2) is 50.3 Å². The monoisotopic (exact) mass is 479 g/mol. The van der Waals surface area contributed by atoms with Crippen LogP contribution in [0.25, 0.3) is 11.0 Å². The lowest BCUT2D eigenvalue weighted by molar-refractivity contribution is -0.122. The van der Waals surface area contributed by atoms with Crippen molar-refractivity contribution in [2.24, 2.45) is 5.92 Å². The standard InChI is InChI=1S/C26H33N5O4/c1-16(26(2,3)34)29-19-14-20-21(30-24(32)17-8-7-9-17)22(25(33)35-4)31(23(20)28-15-19)13-11-18-10-5-6-12-27-18/h5-6,10,12,14-17,29,34H,7-9,11,13H2,1-4H3,(H,30,32). The number of anilines is 2. The maximum Gasteiger partial charge on any atom is 0.356 e. The average Bonchev–Trinajstić information content (AvgIpc) is 3.08. The zero-order chi connectivity index (χ0) is 25.2. The van der Waals surface area contributed by atoms with Gasteiger partial charge in [0.2, 0.25) is 5.91 Å². The molecule has 35 heavy (non-hydrogen) atoms. The molecule has 1 amide bonds. The first-order chi connectivity index (χ1) is 16.7. The van der Waals surface area contributed by atoms with E-state index in [1.54, 1.807) is 30.8 Å². The van der Waals surface area contributed by atoms with E-state index in [-0.39, 0.29) is 23.6 Å². The van der Waals surface area contributed by atoms with Crippen LogP contribution in [0.1, 0.15) is 56.2 Å². The number of nitrogens with zero attached hydrogens (tertiary/aromatic N) is 3. The molecule has 0 bridgehead atoms. The fraction of sp³-hybridized carbons (Fsp3) is 0.462. The first kappa shape index (κ1) is 24.7. The highest BCUT2D eigenvalue weighted by molar-refractivity contribution is 6.11. The van der Waals surface area contributed by atoms with Crippen LogP contribution < -0.4 is 10.6 Å². The zero-order valence-electron chi connectivity index (χ0n) is 20.7. The van der Waals surface area contributed by atoms with Crippen molar-refractivity contribution in [1.29, 1.82) is 0 Å². The fourth-order valence-electron chi connectivity index (χ4n) is 4.05. The minimum absolute atomic E-state index is 0.0584. The summed E-state index contributed by atoms with van der Waals surface area (Å²) < 4.78 is 6.91. The van der Waals surface area contributed by atoms with E-state index in [1.165, 1.54) is 7.11 Å². The number of aromatic nitrogens is 3. The predicted molar refractivity (Wildman–Crippen MR) is 134 cm³/mol. The van der Waals surface area contributed by atoms with Gasteiger partial charge < -0.3 is 25.0 Å². The SMILES string of the molecule is COC(=O)c1c(NC(=O)C2CCC2)c2cc(NC(C)C(C)(C)O)cnc2n1CCc1ccccn1. The van der Waals surface area contributed by atoms with Crippen molar-refractivity contribution in [3.8, 4) is 0 Å². The third kappa shape index (κ3) is 5.30. The lowest BCUT2D eigenvalue weighted by Crippen LogP contribution is -2.39. The quantitative estimate of drug-likeness (QED) is 0.400. The normalized spacial score (nSPS) is 14.9. The molecule has 1 aliphatic rings. The number of nitrogens with one attached hydrogen (secondary N) is 2. The second-order valence-electron chi connectivity index (χ2n) is 9.67. The zero-order valence-corrected chi connectivity index (χ0v) is 20.7. The van der Waals surface area contributed by atoms with Crippen LogP contribution in [0.5, 0.6) is 0 Å². The number of methoxy groups -OCH3 is 1. The summed E-state index contributed by atoms with van der Waals surface area (Å²) in [5.41, 5.74) is 1.81. The molecule has 0 saturated heterocycles. The molecule has 9 heteroatoms. The molecule has 3 heterocycles. The van der Waals surface area contributed by atoms with Gasteiger partial charge in [-0.05, 0) is 51.8 Å². The minimum atomic E-state index is -0.956. The molecule has 3 aromatic rings. The maximum absolute atomic E-state index is 13.0. The molecule has 1 atom stereocenters. The van der Waals surface area contributed by atoms with Crippen molar-refractivity contribution < 1.29 is 19.4 Å². The first-order valence-electron chi connectivity index (χ1n) is 12.0. The van der Waals surface area contributed by atoms with Gasteiger partial charge in [-0.3, -0.25) is 9.78 Å². The molecule has 186 valence electrons. The van der Waals surface area contributed by atoms with Gasteiger partial charge in [0.15, 0.2) is 5.69 Å². The van der Waals surface area contributed by atoms with Crippen LogP contribution >= 0.6 is 0 Å². The Hall–Kier alpha value is -3.46. The van der Waals surface area contributed by atoms with E-state index in [9.17, 15) is 14.7 Å². The Morgan fingerprint density at radius 1 is 1.29 bits per heavy atom. The van der Waals surface area contributed by atoms with Crippen molar-refractivity contribution in [3.05, 3.63) is 48.0 Å². The van der Waals surface area contributed by atoms with Crippen LogP contribution in [0.3, 0.4) is 0 Å². The van der Waals surface area contributed by atoms with E-state index in [0.717, 1.165) is 25.0 Å². The summed E-state index contributed by atoms with van der Waals surface area (Å²) in [6.07, 6.45) is 6.67. The average molecular weight is 480 g/mol. The number of carbonyl (C=O) groups is 2. The predicted octanol–water partition coefficient (Wildman–Crippen LogP) is 3.77. The smallest absolute Gasteiger partial charge is 0.356 e. The highest BCUT2D eigenvalue weighted by Crippen LogP contribution is 2.35. The molecule has 0 spiro atoms. The number of ether oxygens (including phenoxy) is 1. The number of aryl methyl sites for hydroxylation is 2. The Morgan fingerprint density at radius 2 is 2.06 bits per heavy atom. The molecule has 0 radical (unpaired) electrons. The number of esters is 1. The number of hydrogen-bond acceptors (Lipinski definition) is 7. The van der Waals surface area contributed by atoms with E-state index in [1.807, 2.05) is 31.2 Å². The lowest BCUT2D eigenvalue weighted by atomic mass is 9.85. The summed E-state index contributed by atoms with van der Waals surface area (Å²) in [6, 6.07) is 7.29. The van der Waals surface area contributed by atoms with E-state index in [0.29, 0.717) is 35.4 Å². The fourth-order valence-corrected chi connectivity index (χ4v) is 4.05. The molecular formula is C26H33N5O4. The summed E-state index contributed by atoms with van der Waals surface area (Å²) in [7, 11) is 1.33. The van der Waals surface area contributed by atoms with Gasteiger partial charge in [-0.25, -0.2) is 9.78 Å². The van der Waals surface area contributed by atoms with Crippen LogP contribution in [0.2, 0.25) is 0 Å². The lowest BCUT2D eigenvalue weighted by Gasteiger charge is -2.27. The summed E-state index contributed by atoms with van der Waals surface area (Å²) in [5, 5.41) is 17.3. The van der Waals surface area contributed by atoms with Gasteiger partial charge in [-0.1, -0.05) is 12.5 Å². The number of aliphatic hydroxyl groups is 1. The van der Waals surface area contributed by atoms with Gasteiger partial charge in [0.1, 0.15) is 5.65 Å². The molecule has 1 fully saturated rings. The van der Waals surface area contributed by atoms with Gasteiger partial charge >= 0.3 is 5.97 Å². The molecule has 0 aliphatic heterocycles. The number of fused-ring (bicyclic) bond motifs is 1. The van der Waals surface area contributed by atoms with Crippen LogP contribution in [0.15, 0.2) is 36.7 Å². The van der Waals surface area contributed by atoms with Gasteiger partial charge in [0.05, 0.1) is 36.3 Å². The topological polar surface area (TPSA) is 118 Å². The second kappa shape index (κ2) is 10.0. The van der Waals surface area contributed by atoms with Gasteiger partial charge in [-0.15, -0.1) is 0 Å². The van der Waals surface area contributed by atoms with Crippen LogP contribution in [0.4, 0.5) is 11.4 Å². The Balaban J connectivity index is 1.80. The van der Waals surface area contributed by atoms with Crippen molar-refractivity contribution in [3.63, 3.8) is 0 Å². The number of hydrogen-bond donors (Lipinski definition) is 3. The van der Waals surface area contributed by atoms with Crippen molar-refractivity contribution in [1.82, 2.24) is 14.5 Å². The highest BCUT2D eigenvalue weighted by Gasteiger charge is 2.31. The van der Waals surface area contributed by atoms with Gasteiger partial charge in [0, 0.05) is 36.2 Å². The van der Waals surface area contributed by atoms with Crippen molar-refractivity contribution >= 4 is 34.3 Å². The number of pyridine rings is 2. The van der Waals surface area contributed by atoms with Crippen molar-refractivity contribution in [2.45, 2.75) is 64.6 Å². The minimum Gasteiger partial charge on any atom is -0.464 e. The molecule has 1 unspecified atom stereocenters. The molecule has 0 aromatic carbocycles. The molecule has 3 aromatic heterocycles. The molecule has 4 rings (SSSR count). The third-order valence-corrected chi connectivity index (χ3v) is 6.76. The molecule has 9 nitrogen and oxygen atoms in total. The summed E-state index contributed by atoms with van der Waals surface area (Å²) in [6.45, 7) is 5.76. The highest BCUT2D eigenvalue weighted by atomic mass is 16.5. The van der Waals surface area contributed by atoms with Crippen LogP contribution in [0, 0.1) is 5.92 Å². The number of amides is 1. The number of rotatable bonds is 9. The Kier molecular flexibility index (Phi) is 7.07. The van der Waals surface area contributed by atoms with Gasteiger partial charge in [-0.2, -0.15) is 0 Å². The van der Waals surface area contributed by atoms with E-state index in [4.69, 9.17) is 4.74 Å². The van der Waals surface area contributed by atoms with Gasteiger partial charge in [0.25, 0.3) is 0 Å². The van der Waals surface area contributed by atoms with Crippen LogP contribution in [-0.2, 0) is 22.5 Å². The Morgan fingerprint density at radius 3 is 2.66 bits per heavy atom. The number of carbonyl (C=O) groups excluding carboxylic acids is 2. The van der Waals surface area contributed by atoms with E-state index in [2.05, 4.69) is 20.6 Å². The van der Waals surface area contributed by atoms with E-state index >= 15 is 0 Å². The summed E-state index contributed by atoms with van der Waals surface area (Å²) in [4.78, 5) is 34.9. The Labute approximate surface area is 204 Å². The van der Waals surface area contributed by atoms with Crippen molar-refractivity contribution in [2.75, 3.05) is 17.7 Å². The molecular weight excluding hydrogens is 446 g/mol. The van der Waals surface area contributed by atoms with E-state index < -0.39 is 11.6 Å². The molecule has 1 saturated carbocycles. The summed E-state index contributed by atoms with van der Waals surface area (Å²) >= 11 is 0. The second-order valence-corrected chi connectivity index (χ2v) is 9.67. The summed E-state index contributed by atoms with van der Waals surface area (Å²) in [5.74, 6) is -0.711. The largest absolute Gasteiger partial charge is 0.464 e. The first-order valence-corrected chi connectivity index (χ1v) is 12.0. The maximum atomic E-state index is 13.0. The molecule has 1 aliphatic carbocycles. The molecule has 3 N–H and O–H groups in total. The Bertz CT molecular complexity index is 1210.